The van der Waals surface area contributed by atoms with E-state index in [-0.39, 0.29) is 36.7 Å². The van der Waals surface area contributed by atoms with E-state index in [4.69, 9.17) is 14.2 Å². The zero-order valence-electron chi connectivity index (χ0n) is 12.3. The summed E-state index contributed by atoms with van der Waals surface area (Å²) in [6.07, 6.45) is 2.51. The number of nitrogens with zero attached hydrogens (tertiary/aromatic N) is 2. The van der Waals surface area contributed by atoms with E-state index in [1.807, 2.05) is 0 Å². The van der Waals surface area contributed by atoms with Crippen LogP contribution < -0.4 is 11.2 Å². The number of aromatic nitrogens is 2. The quantitative estimate of drug-likeness (QED) is 0.796. The second-order valence-corrected chi connectivity index (χ2v) is 5.54. The SMILES string of the molecule is COCn1c2c(c(=O)n(COC)c1=O)[C@@H]1OCCC[C@@H]1C2. The van der Waals surface area contributed by atoms with Crippen molar-refractivity contribution >= 4 is 0 Å². The molecule has 0 amide bonds. The third-order valence-corrected chi connectivity index (χ3v) is 4.28. The first kappa shape index (κ1) is 14.5. The number of ether oxygens (including phenoxy) is 3. The van der Waals surface area contributed by atoms with Gasteiger partial charge in [-0.1, -0.05) is 0 Å². The molecule has 2 aliphatic rings. The van der Waals surface area contributed by atoms with Crippen LogP contribution in [0.2, 0.25) is 0 Å². The molecule has 21 heavy (non-hydrogen) atoms. The normalized spacial score (nSPS) is 23.9. The first-order chi connectivity index (χ1) is 10.2. The summed E-state index contributed by atoms with van der Waals surface area (Å²) in [5, 5.41) is 0. The van der Waals surface area contributed by atoms with Crippen LogP contribution in [0.5, 0.6) is 0 Å². The first-order valence-corrected chi connectivity index (χ1v) is 7.15. The highest BCUT2D eigenvalue weighted by atomic mass is 16.5. The van der Waals surface area contributed by atoms with Gasteiger partial charge in [-0.15, -0.1) is 0 Å². The minimum Gasteiger partial charge on any atom is -0.373 e. The van der Waals surface area contributed by atoms with E-state index >= 15 is 0 Å². The summed E-state index contributed by atoms with van der Waals surface area (Å²) in [6.45, 7) is 0.727. The molecule has 1 fully saturated rings. The van der Waals surface area contributed by atoms with E-state index in [0.717, 1.165) is 23.1 Å². The summed E-state index contributed by atoms with van der Waals surface area (Å²) in [4.78, 5) is 25.1. The second-order valence-electron chi connectivity index (χ2n) is 5.54. The van der Waals surface area contributed by atoms with Crippen LogP contribution in [0.25, 0.3) is 0 Å². The Morgan fingerprint density at radius 2 is 1.90 bits per heavy atom. The summed E-state index contributed by atoms with van der Waals surface area (Å²) in [6, 6.07) is 0. The van der Waals surface area contributed by atoms with Crippen LogP contribution in [0.15, 0.2) is 9.59 Å². The largest absolute Gasteiger partial charge is 0.373 e. The van der Waals surface area contributed by atoms with Crippen molar-refractivity contribution in [3.8, 4) is 0 Å². The number of methoxy groups -OCH3 is 2. The van der Waals surface area contributed by atoms with E-state index in [1.165, 1.54) is 18.8 Å². The third-order valence-electron chi connectivity index (χ3n) is 4.28. The molecule has 0 radical (unpaired) electrons. The van der Waals surface area contributed by atoms with Crippen molar-refractivity contribution in [1.29, 1.82) is 0 Å². The lowest BCUT2D eigenvalue weighted by Gasteiger charge is -2.25. The van der Waals surface area contributed by atoms with Crippen molar-refractivity contribution in [2.45, 2.75) is 38.8 Å². The van der Waals surface area contributed by atoms with Gasteiger partial charge < -0.3 is 14.2 Å². The van der Waals surface area contributed by atoms with E-state index in [2.05, 4.69) is 0 Å². The predicted octanol–water partition coefficient (Wildman–Crippen LogP) is 0.242. The molecule has 7 heteroatoms. The van der Waals surface area contributed by atoms with Gasteiger partial charge in [-0.25, -0.2) is 9.36 Å². The highest BCUT2D eigenvalue weighted by Gasteiger charge is 2.40. The van der Waals surface area contributed by atoms with E-state index < -0.39 is 0 Å². The predicted molar refractivity (Wildman–Crippen MR) is 74.1 cm³/mol. The van der Waals surface area contributed by atoms with Gasteiger partial charge in [0, 0.05) is 26.5 Å². The molecule has 1 aromatic rings. The maximum Gasteiger partial charge on any atom is 0.335 e. The highest BCUT2D eigenvalue weighted by molar-refractivity contribution is 5.28. The summed E-state index contributed by atoms with van der Waals surface area (Å²) in [7, 11) is 2.99. The van der Waals surface area contributed by atoms with E-state index in [9.17, 15) is 9.59 Å². The van der Waals surface area contributed by atoms with Crippen LogP contribution in [0.1, 0.15) is 30.2 Å². The molecule has 3 rings (SSSR count). The minimum absolute atomic E-state index is 0.0634. The number of rotatable bonds is 4. The van der Waals surface area contributed by atoms with Gasteiger partial charge in [0.1, 0.15) is 13.5 Å². The van der Waals surface area contributed by atoms with Crippen LogP contribution in [0.4, 0.5) is 0 Å². The summed E-state index contributed by atoms with van der Waals surface area (Å²) in [5.41, 5.74) is 0.684. The lowest BCUT2D eigenvalue weighted by atomic mass is 9.95. The van der Waals surface area contributed by atoms with Crippen molar-refractivity contribution in [1.82, 2.24) is 9.13 Å². The monoisotopic (exact) mass is 296 g/mol. The topological polar surface area (TPSA) is 71.7 Å². The Bertz CT molecular complexity index is 648. The maximum atomic E-state index is 12.6. The minimum atomic E-state index is -0.388. The Balaban J connectivity index is 2.20. The van der Waals surface area contributed by atoms with Gasteiger partial charge in [-0.05, 0) is 25.2 Å². The fourth-order valence-corrected chi connectivity index (χ4v) is 3.39. The molecular formula is C14H20N2O5. The molecule has 0 spiro atoms. The maximum absolute atomic E-state index is 12.6. The van der Waals surface area contributed by atoms with Gasteiger partial charge in [0.15, 0.2) is 0 Å². The number of hydrogen-bond donors (Lipinski definition) is 0. The van der Waals surface area contributed by atoms with Crippen molar-refractivity contribution in [2.24, 2.45) is 5.92 Å². The molecule has 0 saturated carbocycles. The van der Waals surface area contributed by atoms with Crippen LogP contribution in [0.3, 0.4) is 0 Å². The van der Waals surface area contributed by atoms with Gasteiger partial charge in [-0.2, -0.15) is 0 Å². The average molecular weight is 296 g/mol. The fraction of sp³-hybridized carbons (Fsp3) is 0.714. The molecule has 7 nitrogen and oxygen atoms in total. The van der Waals surface area contributed by atoms with Crippen LogP contribution in [-0.2, 0) is 34.1 Å². The van der Waals surface area contributed by atoms with Gasteiger partial charge >= 0.3 is 5.69 Å². The highest BCUT2D eigenvalue weighted by Crippen LogP contribution is 2.41. The molecular weight excluding hydrogens is 276 g/mol. The Kier molecular flexibility index (Phi) is 3.97. The molecule has 1 saturated heterocycles. The van der Waals surface area contributed by atoms with Crippen molar-refractivity contribution in [2.75, 3.05) is 20.8 Å². The molecule has 0 aromatic carbocycles. The molecule has 1 aromatic heterocycles. The number of hydrogen-bond acceptors (Lipinski definition) is 5. The smallest absolute Gasteiger partial charge is 0.335 e. The van der Waals surface area contributed by atoms with E-state index in [0.29, 0.717) is 18.6 Å². The molecule has 1 aliphatic carbocycles. The van der Waals surface area contributed by atoms with Gasteiger partial charge in [0.05, 0.1) is 11.7 Å². The van der Waals surface area contributed by atoms with Gasteiger partial charge in [-0.3, -0.25) is 9.36 Å². The summed E-state index contributed by atoms with van der Waals surface area (Å²) in [5.74, 6) is 0.280. The van der Waals surface area contributed by atoms with Gasteiger partial charge in [0.2, 0.25) is 0 Å². The van der Waals surface area contributed by atoms with Crippen LogP contribution in [0, 0.1) is 5.92 Å². The first-order valence-electron chi connectivity index (χ1n) is 7.15. The molecule has 0 unspecified atom stereocenters. The Morgan fingerprint density at radius 1 is 1.19 bits per heavy atom. The lowest BCUT2D eigenvalue weighted by Crippen LogP contribution is -2.43. The molecule has 2 heterocycles. The Hall–Kier alpha value is -1.44. The van der Waals surface area contributed by atoms with Crippen molar-refractivity contribution in [3.05, 3.63) is 32.1 Å². The van der Waals surface area contributed by atoms with Crippen molar-refractivity contribution in [3.63, 3.8) is 0 Å². The standard InChI is InChI=1S/C14H20N2O5/c1-19-7-15-10-6-9-4-3-5-21-12(9)11(10)13(17)16(8-20-2)14(15)18/h9,12H,3-8H2,1-2H3/t9-,12-/m1/s1. The van der Waals surface area contributed by atoms with Crippen LogP contribution >= 0.6 is 0 Å². The fourth-order valence-electron chi connectivity index (χ4n) is 3.39. The Labute approximate surface area is 122 Å². The lowest BCUT2D eigenvalue weighted by molar-refractivity contribution is -0.0195. The number of fused-ring (bicyclic) bond motifs is 3. The Morgan fingerprint density at radius 3 is 2.62 bits per heavy atom. The summed E-state index contributed by atoms with van der Waals surface area (Å²) < 4.78 is 18.6. The summed E-state index contributed by atoms with van der Waals surface area (Å²) >= 11 is 0. The van der Waals surface area contributed by atoms with Crippen molar-refractivity contribution < 1.29 is 14.2 Å². The third kappa shape index (κ3) is 2.25. The molecule has 1 aliphatic heterocycles. The molecule has 116 valence electrons. The van der Waals surface area contributed by atoms with Gasteiger partial charge in [0.25, 0.3) is 5.56 Å². The second kappa shape index (κ2) is 5.75. The zero-order valence-corrected chi connectivity index (χ0v) is 12.3. The molecule has 0 bridgehead atoms. The van der Waals surface area contributed by atoms with E-state index in [1.54, 1.807) is 0 Å². The average Bonchev–Trinajstić information content (AvgIpc) is 2.87. The van der Waals surface area contributed by atoms with Crippen LogP contribution in [-0.4, -0.2) is 30.0 Å². The molecule has 0 N–H and O–H groups in total. The molecule has 2 atom stereocenters. The zero-order chi connectivity index (χ0) is 15.0.